The first kappa shape index (κ1) is 13.1. The fraction of sp³-hybridized carbons (Fsp3) is 0.150. The zero-order valence-electron chi connectivity index (χ0n) is 12.8. The van der Waals surface area contributed by atoms with Gasteiger partial charge < -0.3 is 0 Å². The molecule has 0 unspecified atom stereocenters. The van der Waals surface area contributed by atoms with Crippen LogP contribution in [-0.2, 0) is 0 Å². The van der Waals surface area contributed by atoms with Crippen LogP contribution in [-0.4, -0.2) is 9.55 Å². The standard InChI is InChI=1S/C20H18N2/c1-14(2)15-11-12-21-20(13-15)22-18-9-5-3-7-16(18)17-8-4-6-10-19(17)22/h3-14H,1-2H3. The normalized spacial score (nSPS) is 11.6. The second-order valence-corrected chi connectivity index (χ2v) is 5.97. The van der Waals surface area contributed by atoms with Crippen LogP contribution in [0.1, 0.15) is 25.3 Å². The van der Waals surface area contributed by atoms with E-state index in [-0.39, 0.29) is 0 Å². The molecule has 0 spiro atoms. The van der Waals surface area contributed by atoms with E-state index in [1.807, 2.05) is 6.20 Å². The zero-order valence-corrected chi connectivity index (χ0v) is 12.8. The molecule has 2 aromatic heterocycles. The van der Waals surface area contributed by atoms with E-state index < -0.39 is 0 Å². The number of hydrogen-bond donors (Lipinski definition) is 0. The Morgan fingerprint density at radius 1 is 0.818 bits per heavy atom. The predicted octanol–water partition coefficient (Wildman–Crippen LogP) is 5.30. The number of nitrogens with zero attached hydrogens (tertiary/aromatic N) is 2. The third-order valence-electron chi connectivity index (χ3n) is 4.25. The second kappa shape index (κ2) is 4.99. The molecule has 0 aliphatic carbocycles. The Balaban J connectivity index is 2.11. The predicted molar refractivity (Wildman–Crippen MR) is 92.7 cm³/mol. The average molecular weight is 286 g/mol. The summed E-state index contributed by atoms with van der Waals surface area (Å²) < 4.78 is 2.26. The maximum absolute atomic E-state index is 4.63. The van der Waals surface area contributed by atoms with Crippen LogP contribution in [0.2, 0.25) is 0 Å². The van der Waals surface area contributed by atoms with Gasteiger partial charge in [0.1, 0.15) is 5.82 Å². The van der Waals surface area contributed by atoms with Gasteiger partial charge in [-0.25, -0.2) is 4.98 Å². The highest BCUT2D eigenvalue weighted by Gasteiger charge is 2.12. The summed E-state index contributed by atoms with van der Waals surface area (Å²) >= 11 is 0. The topological polar surface area (TPSA) is 17.8 Å². The number of benzene rings is 2. The van der Waals surface area contributed by atoms with Gasteiger partial charge in [0, 0.05) is 17.0 Å². The van der Waals surface area contributed by atoms with Crippen molar-refractivity contribution in [2.24, 2.45) is 0 Å². The van der Waals surface area contributed by atoms with Crippen LogP contribution < -0.4 is 0 Å². The molecule has 22 heavy (non-hydrogen) atoms. The molecule has 2 heterocycles. The Morgan fingerprint density at radius 3 is 2.00 bits per heavy atom. The van der Waals surface area contributed by atoms with E-state index >= 15 is 0 Å². The molecule has 0 N–H and O–H groups in total. The lowest BCUT2D eigenvalue weighted by atomic mass is 10.1. The molecule has 2 heteroatoms. The van der Waals surface area contributed by atoms with Gasteiger partial charge in [0.25, 0.3) is 0 Å². The van der Waals surface area contributed by atoms with Crippen LogP contribution >= 0.6 is 0 Å². The van der Waals surface area contributed by atoms with Gasteiger partial charge in [0.05, 0.1) is 11.0 Å². The number of fused-ring (bicyclic) bond motifs is 3. The highest BCUT2D eigenvalue weighted by atomic mass is 15.1. The summed E-state index contributed by atoms with van der Waals surface area (Å²) in [5.74, 6) is 1.48. The highest BCUT2D eigenvalue weighted by Crippen LogP contribution is 2.31. The van der Waals surface area contributed by atoms with Crippen LogP contribution in [0, 0.1) is 0 Å². The third kappa shape index (κ3) is 1.92. The van der Waals surface area contributed by atoms with Gasteiger partial charge in [-0.3, -0.25) is 4.57 Å². The van der Waals surface area contributed by atoms with Crippen molar-refractivity contribution in [1.82, 2.24) is 9.55 Å². The quantitative estimate of drug-likeness (QED) is 0.489. The van der Waals surface area contributed by atoms with Crippen LogP contribution in [0.3, 0.4) is 0 Å². The van der Waals surface area contributed by atoms with Crippen molar-refractivity contribution in [3.63, 3.8) is 0 Å². The van der Waals surface area contributed by atoms with Gasteiger partial charge in [-0.15, -0.1) is 0 Å². The summed E-state index contributed by atoms with van der Waals surface area (Å²) in [6.07, 6.45) is 1.91. The Bertz CT molecular complexity index is 910. The number of aromatic nitrogens is 2. The van der Waals surface area contributed by atoms with Crippen molar-refractivity contribution < 1.29 is 0 Å². The van der Waals surface area contributed by atoms with Gasteiger partial charge in [-0.2, -0.15) is 0 Å². The van der Waals surface area contributed by atoms with Crippen molar-refractivity contribution in [1.29, 1.82) is 0 Å². The van der Waals surface area contributed by atoms with E-state index in [4.69, 9.17) is 0 Å². The number of hydrogen-bond acceptors (Lipinski definition) is 1. The van der Waals surface area contributed by atoms with Gasteiger partial charge >= 0.3 is 0 Å². The minimum atomic E-state index is 0.495. The van der Waals surface area contributed by atoms with Gasteiger partial charge in [0.2, 0.25) is 0 Å². The van der Waals surface area contributed by atoms with E-state index in [0.29, 0.717) is 5.92 Å². The Hall–Kier alpha value is -2.61. The SMILES string of the molecule is CC(C)c1ccnc(-n2c3ccccc3c3ccccc32)c1. The number of rotatable bonds is 2. The van der Waals surface area contributed by atoms with Crippen LogP contribution in [0.25, 0.3) is 27.6 Å². The lowest BCUT2D eigenvalue weighted by Gasteiger charge is -2.10. The zero-order chi connectivity index (χ0) is 15.1. The van der Waals surface area contributed by atoms with Gasteiger partial charge in [-0.05, 0) is 35.7 Å². The maximum atomic E-state index is 4.63. The van der Waals surface area contributed by atoms with Crippen molar-refractivity contribution in [2.75, 3.05) is 0 Å². The van der Waals surface area contributed by atoms with Crippen molar-refractivity contribution in [3.8, 4) is 5.82 Å². The molecule has 0 radical (unpaired) electrons. The first-order valence-corrected chi connectivity index (χ1v) is 7.70. The summed E-state index contributed by atoms with van der Waals surface area (Å²) in [7, 11) is 0. The summed E-state index contributed by atoms with van der Waals surface area (Å²) in [4.78, 5) is 4.63. The molecule has 0 atom stereocenters. The molecular weight excluding hydrogens is 268 g/mol. The average Bonchev–Trinajstić information content (AvgIpc) is 2.89. The van der Waals surface area contributed by atoms with Crippen LogP contribution in [0.5, 0.6) is 0 Å². The van der Waals surface area contributed by atoms with E-state index in [0.717, 1.165) is 5.82 Å². The third-order valence-corrected chi connectivity index (χ3v) is 4.25. The molecule has 2 nitrogen and oxygen atoms in total. The van der Waals surface area contributed by atoms with Gasteiger partial charge in [0.15, 0.2) is 0 Å². The van der Waals surface area contributed by atoms with Crippen molar-refractivity contribution in [2.45, 2.75) is 19.8 Å². The van der Waals surface area contributed by atoms with Crippen LogP contribution in [0.15, 0.2) is 66.9 Å². The Morgan fingerprint density at radius 2 is 1.41 bits per heavy atom. The fourth-order valence-electron chi connectivity index (χ4n) is 3.08. The van der Waals surface area contributed by atoms with Gasteiger partial charge in [-0.1, -0.05) is 50.2 Å². The molecule has 4 rings (SSSR count). The number of para-hydroxylation sites is 2. The van der Waals surface area contributed by atoms with Crippen molar-refractivity contribution in [3.05, 3.63) is 72.4 Å². The van der Waals surface area contributed by atoms with E-state index in [9.17, 15) is 0 Å². The summed E-state index contributed by atoms with van der Waals surface area (Å²) in [5, 5.41) is 2.55. The molecule has 2 aromatic carbocycles. The number of pyridine rings is 1. The lowest BCUT2D eigenvalue weighted by molar-refractivity contribution is 0.858. The molecule has 0 fully saturated rings. The fourth-order valence-corrected chi connectivity index (χ4v) is 3.08. The molecule has 0 aliphatic rings. The first-order valence-electron chi connectivity index (χ1n) is 7.70. The molecule has 4 aromatic rings. The van der Waals surface area contributed by atoms with E-state index in [1.54, 1.807) is 0 Å². The molecule has 0 amide bonds. The maximum Gasteiger partial charge on any atom is 0.137 e. The monoisotopic (exact) mass is 286 g/mol. The first-order chi connectivity index (χ1) is 10.8. The largest absolute Gasteiger partial charge is 0.294 e. The summed E-state index contributed by atoms with van der Waals surface area (Å²) in [6.45, 7) is 4.43. The van der Waals surface area contributed by atoms with Crippen LogP contribution in [0.4, 0.5) is 0 Å². The second-order valence-electron chi connectivity index (χ2n) is 5.97. The van der Waals surface area contributed by atoms with E-state index in [2.05, 4.69) is 84.1 Å². The summed E-state index contributed by atoms with van der Waals surface area (Å²) in [6, 6.07) is 21.4. The Kier molecular flexibility index (Phi) is 2.97. The Labute approximate surface area is 130 Å². The minimum Gasteiger partial charge on any atom is -0.294 e. The molecular formula is C20H18N2. The lowest BCUT2D eigenvalue weighted by Crippen LogP contribution is -1.99. The van der Waals surface area contributed by atoms with E-state index in [1.165, 1.54) is 27.4 Å². The molecule has 0 saturated heterocycles. The molecule has 0 bridgehead atoms. The smallest absolute Gasteiger partial charge is 0.137 e. The molecule has 0 aliphatic heterocycles. The van der Waals surface area contributed by atoms with Crippen molar-refractivity contribution >= 4 is 21.8 Å². The highest BCUT2D eigenvalue weighted by molar-refractivity contribution is 6.09. The summed E-state index contributed by atoms with van der Waals surface area (Å²) in [5.41, 5.74) is 3.72. The molecule has 108 valence electrons. The minimum absolute atomic E-state index is 0.495. The molecule has 0 saturated carbocycles.